The Kier molecular flexibility index (Phi) is 7.50. The molecule has 1 aromatic heterocycles. The molecule has 0 unspecified atom stereocenters. The van der Waals surface area contributed by atoms with Crippen molar-refractivity contribution in [1.82, 2.24) is 9.97 Å². The molecule has 38 heavy (non-hydrogen) atoms. The molecule has 2 aliphatic heterocycles. The van der Waals surface area contributed by atoms with Gasteiger partial charge in [0.15, 0.2) is 0 Å². The van der Waals surface area contributed by atoms with Crippen LogP contribution in [0.4, 0.5) is 33.5 Å². The smallest absolute Gasteiger partial charge is 0.327 e. The largest absolute Gasteiger partial charge is 0.495 e. The Balaban J connectivity index is 1.32. The summed E-state index contributed by atoms with van der Waals surface area (Å²) in [6.45, 7) is 2.76. The number of aromatic nitrogens is 2. The number of anilines is 5. The second-order valence-corrected chi connectivity index (χ2v) is 9.33. The summed E-state index contributed by atoms with van der Waals surface area (Å²) in [7, 11) is 4.47. The third kappa shape index (κ3) is 5.04. The van der Waals surface area contributed by atoms with E-state index in [1.165, 1.54) is 31.5 Å². The maximum absolute atomic E-state index is 13.1. The number of morpholine rings is 1. The Labute approximate surface area is 229 Å². The van der Waals surface area contributed by atoms with Gasteiger partial charge < -0.3 is 34.5 Å². The van der Waals surface area contributed by atoms with Crippen LogP contribution in [-0.4, -0.2) is 69.7 Å². The van der Waals surface area contributed by atoms with Gasteiger partial charge >= 0.3 is 6.03 Å². The number of ether oxygens (including phenoxy) is 4. The van der Waals surface area contributed by atoms with Crippen molar-refractivity contribution < 1.29 is 23.7 Å². The summed E-state index contributed by atoms with van der Waals surface area (Å²) in [4.78, 5) is 25.2. The van der Waals surface area contributed by atoms with Gasteiger partial charge in [0.05, 0.1) is 44.8 Å². The van der Waals surface area contributed by atoms with Crippen molar-refractivity contribution >= 4 is 57.9 Å². The fourth-order valence-corrected chi connectivity index (χ4v) is 4.87. The highest BCUT2D eigenvalue weighted by Crippen LogP contribution is 2.44. The molecule has 0 spiro atoms. The summed E-state index contributed by atoms with van der Waals surface area (Å²) >= 11 is 12.8. The molecular formula is C25H26Cl2N6O5. The Bertz CT molecular complexity index is 1330. The third-order valence-electron chi connectivity index (χ3n) is 6.31. The summed E-state index contributed by atoms with van der Waals surface area (Å²) in [5.74, 6) is 2.23. The van der Waals surface area contributed by atoms with Crippen LogP contribution in [0.1, 0.15) is 0 Å². The van der Waals surface area contributed by atoms with Gasteiger partial charge in [0.2, 0.25) is 0 Å². The number of nitrogens with zero attached hydrogens (tertiary/aromatic N) is 4. The van der Waals surface area contributed by atoms with Crippen molar-refractivity contribution in [1.29, 1.82) is 0 Å². The van der Waals surface area contributed by atoms with Gasteiger partial charge in [-0.3, -0.25) is 4.90 Å². The number of hydrogen-bond donors (Lipinski definition) is 2. The van der Waals surface area contributed by atoms with Crippen LogP contribution < -0.4 is 34.6 Å². The number of halogens is 2. The lowest BCUT2D eigenvalue weighted by atomic mass is 10.1. The number of nitrogens with one attached hydrogen (secondary N) is 2. The number of rotatable bonds is 6. The molecule has 3 heterocycles. The molecule has 1 atom stereocenters. The average Bonchev–Trinajstić information content (AvgIpc) is 2.95. The summed E-state index contributed by atoms with van der Waals surface area (Å²) < 4.78 is 22.1. The van der Waals surface area contributed by atoms with Crippen LogP contribution in [0.15, 0.2) is 36.7 Å². The number of fused-ring (bicyclic) bond motifs is 3. The molecule has 0 saturated carbocycles. The van der Waals surface area contributed by atoms with E-state index in [4.69, 9.17) is 42.1 Å². The van der Waals surface area contributed by atoms with Crippen molar-refractivity contribution in [3.63, 3.8) is 0 Å². The zero-order valence-electron chi connectivity index (χ0n) is 21.0. The average molecular weight is 561 g/mol. The van der Waals surface area contributed by atoms with Gasteiger partial charge in [0.25, 0.3) is 0 Å². The number of benzene rings is 2. The van der Waals surface area contributed by atoms with E-state index in [-0.39, 0.29) is 21.8 Å². The zero-order valence-corrected chi connectivity index (χ0v) is 22.5. The van der Waals surface area contributed by atoms with E-state index in [1.807, 2.05) is 18.2 Å². The first-order valence-corrected chi connectivity index (χ1v) is 12.5. The summed E-state index contributed by atoms with van der Waals surface area (Å²) in [5, 5.41) is 6.24. The molecule has 2 amide bonds. The molecule has 13 heteroatoms. The molecule has 200 valence electrons. The fraction of sp³-hybridized carbons (Fsp3) is 0.320. The lowest BCUT2D eigenvalue weighted by Crippen LogP contribution is -2.51. The van der Waals surface area contributed by atoms with Gasteiger partial charge in [-0.2, -0.15) is 0 Å². The highest BCUT2D eigenvalue weighted by atomic mass is 35.5. The first-order chi connectivity index (χ1) is 18.4. The standard InChI is InChI=1S/C25H26Cl2N6O5/c1-32(25(34)31-24-22(26)18(35-2)9-19(36-3)23(24)27)21-10-20(28-13-29-21)30-14-4-5-16-17(8-14)38-12-15-11-37-7-6-33(15)16/h4-5,8-10,13,15H,6-7,11-12H2,1-3H3,(H,31,34)(H,28,29,30)/t15-/m0/s1. The van der Waals surface area contributed by atoms with E-state index in [2.05, 4.69) is 25.5 Å². The van der Waals surface area contributed by atoms with Crippen LogP contribution in [0, 0.1) is 0 Å². The van der Waals surface area contributed by atoms with Crippen LogP contribution in [0.25, 0.3) is 0 Å². The highest BCUT2D eigenvalue weighted by Gasteiger charge is 2.30. The lowest BCUT2D eigenvalue weighted by Gasteiger charge is -2.41. The number of hydrogen-bond acceptors (Lipinski definition) is 9. The molecule has 0 radical (unpaired) electrons. The minimum atomic E-state index is -0.531. The molecule has 3 aromatic rings. The molecule has 0 bridgehead atoms. The van der Waals surface area contributed by atoms with E-state index >= 15 is 0 Å². The fourth-order valence-electron chi connectivity index (χ4n) is 4.28. The van der Waals surface area contributed by atoms with Gasteiger partial charge in [-0.15, -0.1) is 0 Å². The first kappa shape index (κ1) is 26.0. The second-order valence-electron chi connectivity index (χ2n) is 8.58. The summed E-state index contributed by atoms with van der Waals surface area (Å²) in [5.41, 5.74) is 1.99. The molecule has 2 aliphatic rings. The number of carbonyl (C=O) groups is 1. The molecule has 2 N–H and O–H groups in total. The Morgan fingerprint density at radius 1 is 1.11 bits per heavy atom. The Hall–Kier alpha value is -3.67. The van der Waals surface area contributed by atoms with E-state index < -0.39 is 6.03 Å². The SMILES string of the molecule is COc1cc(OC)c(Cl)c(NC(=O)N(C)c2cc(Nc3ccc4c(c3)OC[C@@H]3COCCN43)ncn2)c1Cl. The van der Waals surface area contributed by atoms with Crippen LogP contribution in [0.3, 0.4) is 0 Å². The van der Waals surface area contributed by atoms with Gasteiger partial charge in [-0.25, -0.2) is 14.8 Å². The molecule has 11 nitrogen and oxygen atoms in total. The van der Waals surface area contributed by atoms with Gasteiger partial charge in [-0.05, 0) is 12.1 Å². The predicted octanol–water partition coefficient (Wildman–Crippen LogP) is 4.81. The number of methoxy groups -OCH3 is 2. The number of amides is 2. The minimum Gasteiger partial charge on any atom is -0.495 e. The molecular weight excluding hydrogens is 535 g/mol. The number of urea groups is 1. The van der Waals surface area contributed by atoms with Gasteiger partial charge in [0.1, 0.15) is 51.9 Å². The molecule has 1 saturated heterocycles. The monoisotopic (exact) mass is 560 g/mol. The second kappa shape index (κ2) is 11.0. The van der Waals surface area contributed by atoms with Crippen molar-refractivity contribution in [3.05, 3.63) is 46.7 Å². The van der Waals surface area contributed by atoms with E-state index in [0.717, 1.165) is 23.7 Å². The van der Waals surface area contributed by atoms with Crippen LogP contribution in [-0.2, 0) is 4.74 Å². The van der Waals surface area contributed by atoms with Crippen molar-refractivity contribution in [2.45, 2.75) is 6.04 Å². The third-order valence-corrected chi connectivity index (χ3v) is 7.06. The van der Waals surface area contributed by atoms with Gasteiger partial charge in [-0.1, -0.05) is 23.2 Å². The maximum Gasteiger partial charge on any atom is 0.327 e. The van der Waals surface area contributed by atoms with Crippen LogP contribution in [0.2, 0.25) is 10.0 Å². The predicted molar refractivity (Wildman–Crippen MR) is 146 cm³/mol. The summed E-state index contributed by atoms with van der Waals surface area (Å²) in [6.07, 6.45) is 1.36. The van der Waals surface area contributed by atoms with Crippen molar-refractivity contribution in [2.75, 3.05) is 68.1 Å². The van der Waals surface area contributed by atoms with Crippen LogP contribution >= 0.6 is 23.2 Å². The molecule has 2 aromatic carbocycles. The van der Waals surface area contributed by atoms with Crippen molar-refractivity contribution in [3.8, 4) is 17.2 Å². The topological polar surface area (TPSA) is 110 Å². The zero-order chi connectivity index (χ0) is 26.8. The van der Waals surface area contributed by atoms with E-state index in [1.54, 1.807) is 13.1 Å². The van der Waals surface area contributed by atoms with Crippen LogP contribution in [0.5, 0.6) is 17.2 Å². The normalized spacial score (nSPS) is 16.0. The van der Waals surface area contributed by atoms with E-state index in [9.17, 15) is 4.79 Å². The summed E-state index contributed by atoms with van der Waals surface area (Å²) in [6, 6.07) is 8.79. The molecule has 1 fully saturated rings. The number of carbonyl (C=O) groups excluding carboxylic acids is 1. The Morgan fingerprint density at radius 3 is 2.61 bits per heavy atom. The quantitative estimate of drug-likeness (QED) is 0.438. The molecule has 5 rings (SSSR count). The lowest BCUT2D eigenvalue weighted by molar-refractivity contribution is 0.0705. The minimum absolute atomic E-state index is 0.142. The van der Waals surface area contributed by atoms with E-state index in [0.29, 0.717) is 43.0 Å². The van der Waals surface area contributed by atoms with Crippen molar-refractivity contribution in [2.24, 2.45) is 0 Å². The maximum atomic E-state index is 13.1. The Morgan fingerprint density at radius 2 is 1.87 bits per heavy atom. The first-order valence-electron chi connectivity index (χ1n) is 11.7. The van der Waals surface area contributed by atoms with Gasteiger partial charge in [0, 0.05) is 37.5 Å². The molecule has 0 aliphatic carbocycles. The highest BCUT2D eigenvalue weighted by molar-refractivity contribution is 6.41.